The van der Waals surface area contributed by atoms with Crippen molar-refractivity contribution in [2.24, 2.45) is 5.84 Å². The monoisotopic (exact) mass is 334 g/mol. The number of aromatic nitrogens is 2. The van der Waals surface area contributed by atoms with E-state index in [0.717, 1.165) is 34.5 Å². The number of halogens is 1. The van der Waals surface area contributed by atoms with Gasteiger partial charge in [-0.15, -0.1) is 0 Å². The molecule has 1 aliphatic carbocycles. The molecule has 5 nitrogen and oxygen atoms in total. The highest BCUT2D eigenvalue weighted by Crippen LogP contribution is 2.39. The fourth-order valence-electron chi connectivity index (χ4n) is 1.89. The lowest BCUT2D eigenvalue weighted by molar-refractivity contribution is 0.458. The summed E-state index contributed by atoms with van der Waals surface area (Å²) in [7, 11) is 0. The zero-order chi connectivity index (χ0) is 14.1. The molecular weight excluding hydrogens is 320 g/mol. The van der Waals surface area contributed by atoms with Crippen LogP contribution in [0.4, 0.5) is 5.82 Å². The van der Waals surface area contributed by atoms with Crippen molar-refractivity contribution in [3.63, 3.8) is 0 Å². The summed E-state index contributed by atoms with van der Waals surface area (Å²) in [4.78, 5) is 8.80. The second-order valence-corrected chi connectivity index (χ2v) is 5.74. The third kappa shape index (κ3) is 2.91. The minimum Gasteiger partial charge on any atom is -0.439 e. The van der Waals surface area contributed by atoms with E-state index in [2.05, 4.69) is 31.3 Å². The summed E-state index contributed by atoms with van der Waals surface area (Å²) in [6.45, 7) is 2.01. The molecule has 1 aromatic heterocycles. The van der Waals surface area contributed by atoms with Crippen LogP contribution in [-0.4, -0.2) is 9.97 Å². The highest BCUT2D eigenvalue weighted by Gasteiger charge is 2.27. The van der Waals surface area contributed by atoms with Crippen molar-refractivity contribution < 1.29 is 4.74 Å². The number of anilines is 1. The number of nitrogen functional groups attached to an aromatic ring is 1. The molecule has 0 spiro atoms. The van der Waals surface area contributed by atoms with E-state index in [-0.39, 0.29) is 0 Å². The molecule has 0 atom stereocenters. The highest BCUT2D eigenvalue weighted by atomic mass is 79.9. The predicted octanol–water partition coefficient (Wildman–Crippen LogP) is 3.50. The van der Waals surface area contributed by atoms with Crippen molar-refractivity contribution >= 4 is 21.7 Å². The molecule has 1 aromatic carbocycles. The minimum atomic E-state index is 0.442. The Morgan fingerprint density at radius 1 is 1.30 bits per heavy atom. The second kappa shape index (κ2) is 5.38. The summed E-state index contributed by atoms with van der Waals surface area (Å²) < 4.78 is 6.86. The number of nitrogens with one attached hydrogen (secondary N) is 1. The van der Waals surface area contributed by atoms with Crippen molar-refractivity contribution in [3.8, 4) is 11.6 Å². The average Bonchev–Trinajstić information content (AvgIpc) is 3.27. The maximum Gasteiger partial charge on any atom is 0.224 e. The molecule has 0 bridgehead atoms. The lowest BCUT2D eigenvalue weighted by Gasteiger charge is -2.09. The summed E-state index contributed by atoms with van der Waals surface area (Å²) in [6, 6.07) is 7.50. The number of rotatable bonds is 4. The number of aryl methyl sites for hydroxylation is 1. The Bertz CT molecular complexity index is 643. The van der Waals surface area contributed by atoms with Crippen LogP contribution in [0.1, 0.15) is 30.1 Å². The third-order valence-electron chi connectivity index (χ3n) is 3.16. The van der Waals surface area contributed by atoms with Gasteiger partial charge in [-0.1, -0.05) is 15.9 Å². The molecule has 20 heavy (non-hydrogen) atoms. The predicted molar refractivity (Wildman–Crippen MR) is 80.8 cm³/mol. The zero-order valence-electron chi connectivity index (χ0n) is 11.1. The molecule has 1 fully saturated rings. The van der Waals surface area contributed by atoms with Crippen LogP contribution in [-0.2, 0) is 0 Å². The van der Waals surface area contributed by atoms with Crippen molar-refractivity contribution in [2.75, 3.05) is 5.43 Å². The van der Waals surface area contributed by atoms with Crippen molar-refractivity contribution in [1.82, 2.24) is 9.97 Å². The molecule has 0 aliphatic heterocycles. The fraction of sp³-hybridized carbons (Fsp3) is 0.286. The molecule has 3 N–H and O–H groups in total. The van der Waals surface area contributed by atoms with E-state index >= 15 is 0 Å². The Labute approximate surface area is 125 Å². The Morgan fingerprint density at radius 2 is 2.10 bits per heavy atom. The van der Waals surface area contributed by atoms with E-state index in [1.54, 1.807) is 6.07 Å². The van der Waals surface area contributed by atoms with Crippen LogP contribution in [0.3, 0.4) is 0 Å². The summed E-state index contributed by atoms with van der Waals surface area (Å²) in [6.07, 6.45) is 2.26. The molecule has 6 heteroatoms. The van der Waals surface area contributed by atoms with Gasteiger partial charge in [0, 0.05) is 16.5 Å². The SMILES string of the molecule is Cc1cc(Oc2cc(NN)nc(C3CC3)n2)ccc1Br. The standard InChI is InChI=1S/C14H15BrN4O/c1-8-6-10(4-5-11(8)15)20-13-7-12(19-16)17-14(18-13)9-2-3-9/h4-7,9H,2-3,16H2,1H3,(H,17,18,19). The van der Waals surface area contributed by atoms with Gasteiger partial charge in [-0.05, 0) is 43.5 Å². The van der Waals surface area contributed by atoms with E-state index in [4.69, 9.17) is 10.6 Å². The van der Waals surface area contributed by atoms with Crippen LogP contribution in [0, 0.1) is 6.92 Å². The van der Waals surface area contributed by atoms with Crippen LogP contribution in [0.15, 0.2) is 28.7 Å². The average molecular weight is 335 g/mol. The normalized spacial score (nSPS) is 14.2. The minimum absolute atomic E-state index is 0.442. The molecule has 1 aliphatic rings. The number of hydrogen-bond donors (Lipinski definition) is 2. The molecule has 3 rings (SSSR count). The Kier molecular flexibility index (Phi) is 3.58. The molecule has 1 heterocycles. The van der Waals surface area contributed by atoms with Gasteiger partial charge in [0.25, 0.3) is 0 Å². The van der Waals surface area contributed by atoms with Gasteiger partial charge in [0.15, 0.2) is 0 Å². The fourth-order valence-corrected chi connectivity index (χ4v) is 2.14. The molecule has 1 saturated carbocycles. The Balaban J connectivity index is 1.88. The second-order valence-electron chi connectivity index (χ2n) is 4.88. The quantitative estimate of drug-likeness (QED) is 0.661. The van der Waals surface area contributed by atoms with E-state index in [1.807, 2.05) is 25.1 Å². The Hall–Kier alpha value is -1.66. The molecule has 0 amide bonds. The van der Waals surface area contributed by atoms with Crippen LogP contribution in [0.25, 0.3) is 0 Å². The number of nitrogens with zero attached hydrogens (tertiary/aromatic N) is 2. The number of hydrogen-bond acceptors (Lipinski definition) is 5. The zero-order valence-corrected chi connectivity index (χ0v) is 12.6. The van der Waals surface area contributed by atoms with Crippen molar-refractivity contribution in [2.45, 2.75) is 25.7 Å². The maximum atomic E-state index is 5.81. The number of hydrazine groups is 1. The van der Waals surface area contributed by atoms with Gasteiger partial charge in [-0.2, -0.15) is 4.98 Å². The first-order valence-electron chi connectivity index (χ1n) is 6.45. The lowest BCUT2D eigenvalue weighted by Crippen LogP contribution is -2.10. The van der Waals surface area contributed by atoms with Gasteiger partial charge in [-0.25, -0.2) is 10.8 Å². The smallest absolute Gasteiger partial charge is 0.224 e. The first-order valence-corrected chi connectivity index (χ1v) is 7.24. The summed E-state index contributed by atoms with van der Waals surface area (Å²) >= 11 is 3.47. The van der Waals surface area contributed by atoms with Gasteiger partial charge in [-0.3, -0.25) is 0 Å². The maximum absolute atomic E-state index is 5.81. The first-order chi connectivity index (χ1) is 9.65. The van der Waals surface area contributed by atoms with Gasteiger partial charge >= 0.3 is 0 Å². The first kappa shape index (κ1) is 13.3. The van der Waals surface area contributed by atoms with Gasteiger partial charge in [0.1, 0.15) is 17.4 Å². The van der Waals surface area contributed by atoms with E-state index < -0.39 is 0 Å². The summed E-state index contributed by atoms with van der Waals surface area (Å²) in [5.41, 5.74) is 3.67. The van der Waals surface area contributed by atoms with Crippen LogP contribution in [0.2, 0.25) is 0 Å². The third-order valence-corrected chi connectivity index (χ3v) is 4.05. The topological polar surface area (TPSA) is 73.1 Å². The van der Waals surface area contributed by atoms with Gasteiger partial charge in [0.2, 0.25) is 5.88 Å². The highest BCUT2D eigenvalue weighted by molar-refractivity contribution is 9.10. The molecule has 0 radical (unpaired) electrons. The molecule has 0 saturated heterocycles. The summed E-state index contributed by atoms with van der Waals surface area (Å²) in [5, 5.41) is 0. The molecular formula is C14H15BrN4O. The lowest BCUT2D eigenvalue weighted by atomic mass is 10.2. The van der Waals surface area contributed by atoms with Crippen LogP contribution < -0.4 is 16.0 Å². The molecule has 0 unspecified atom stereocenters. The number of nitrogens with two attached hydrogens (primary N) is 1. The largest absolute Gasteiger partial charge is 0.439 e. The van der Waals surface area contributed by atoms with E-state index in [1.165, 1.54) is 0 Å². The van der Waals surface area contributed by atoms with Crippen LogP contribution >= 0.6 is 15.9 Å². The summed E-state index contributed by atoms with van der Waals surface area (Å²) in [5.74, 6) is 8.51. The molecule has 2 aromatic rings. The Morgan fingerprint density at radius 3 is 2.75 bits per heavy atom. The number of ether oxygens (including phenoxy) is 1. The van der Waals surface area contributed by atoms with Crippen LogP contribution in [0.5, 0.6) is 11.6 Å². The van der Waals surface area contributed by atoms with Crippen molar-refractivity contribution in [1.29, 1.82) is 0 Å². The van der Waals surface area contributed by atoms with Gasteiger partial charge < -0.3 is 10.2 Å². The van der Waals surface area contributed by atoms with Gasteiger partial charge in [0.05, 0.1) is 0 Å². The van der Waals surface area contributed by atoms with E-state index in [0.29, 0.717) is 17.6 Å². The molecule has 104 valence electrons. The number of benzene rings is 1. The van der Waals surface area contributed by atoms with E-state index in [9.17, 15) is 0 Å². The van der Waals surface area contributed by atoms with Crippen molar-refractivity contribution in [3.05, 3.63) is 40.1 Å².